The molecule has 200 valence electrons. The van der Waals surface area contributed by atoms with Gasteiger partial charge in [-0.2, -0.15) is 25.2 Å². The van der Waals surface area contributed by atoms with E-state index in [0.29, 0.717) is 15.5 Å². The Morgan fingerprint density at radius 1 is 1.15 bits per heavy atom. The molecule has 5 rings (SSSR count). The molecule has 0 aliphatic rings. The first-order valence-electron chi connectivity index (χ1n) is 11.8. The van der Waals surface area contributed by atoms with Crippen molar-refractivity contribution in [2.75, 3.05) is 5.32 Å². The molecule has 0 saturated carbocycles. The Hall–Kier alpha value is -4.70. The minimum Gasteiger partial charge on any atom is -0.392 e. The third kappa shape index (κ3) is 5.52. The Kier molecular flexibility index (Phi) is 7.79. The van der Waals surface area contributed by atoms with E-state index in [2.05, 4.69) is 20.6 Å². The molecule has 1 aromatic carbocycles. The zero-order valence-corrected chi connectivity index (χ0v) is 22.2. The highest BCUT2D eigenvalue weighted by atomic mass is 35.5. The van der Waals surface area contributed by atoms with Gasteiger partial charge in [0.05, 0.1) is 30.2 Å². The number of aliphatic hydroxyl groups excluding tert-OH is 1. The number of thiophene rings is 1. The predicted octanol–water partition coefficient (Wildman–Crippen LogP) is 4.07. The van der Waals surface area contributed by atoms with Crippen molar-refractivity contribution in [1.29, 1.82) is 5.26 Å². The van der Waals surface area contributed by atoms with Gasteiger partial charge < -0.3 is 15.0 Å². The van der Waals surface area contributed by atoms with Gasteiger partial charge in [0.15, 0.2) is 11.6 Å². The number of rotatable bonds is 8. The lowest BCUT2D eigenvalue weighted by Crippen LogP contribution is -2.23. The van der Waals surface area contributed by atoms with Gasteiger partial charge in [0.2, 0.25) is 0 Å². The number of hydrogen-bond donors (Lipinski definition) is 2. The monoisotopic (exact) mass is 575 g/mol. The summed E-state index contributed by atoms with van der Waals surface area (Å²) in [7, 11) is 0. The lowest BCUT2D eigenvalue weighted by Gasteiger charge is -2.08. The van der Waals surface area contributed by atoms with Crippen molar-refractivity contribution in [3.8, 4) is 17.3 Å². The van der Waals surface area contributed by atoms with E-state index in [-0.39, 0.29) is 47.9 Å². The molecule has 13 heteroatoms. The molecule has 40 heavy (non-hydrogen) atoms. The number of aliphatic hydroxyl groups is 1. The number of benzene rings is 1. The first-order valence-corrected chi connectivity index (χ1v) is 13.0. The van der Waals surface area contributed by atoms with Crippen molar-refractivity contribution < 1.29 is 14.3 Å². The van der Waals surface area contributed by atoms with Gasteiger partial charge in [-0.1, -0.05) is 23.7 Å². The summed E-state index contributed by atoms with van der Waals surface area (Å²) in [5, 5.41) is 33.7. The van der Waals surface area contributed by atoms with Crippen LogP contribution in [0.1, 0.15) is 31.9 Å². The fourth-order valence-electron chi connectivity index (χ4n) is 3.95. The normalized spacial score (nSPS) is 10.8. The van der Waals surface area contributed by atoms with Crippen molar-refractivity contribution in [2.45, 2.75) is 19.7 Å². The van der Waals surface area contributed by atoms with E-state index in [1.807, 2.05) is 6.07 Å². The van der Waals surface area contributed by atoms with Crippen molar-refractivity contribution in [3.63, 3.8) is 0 Å². The molecule has 4 heterocycles. The minimum absolute atomic E-state index is 0.0551. The van der Waals surface area contributed by atoms with Crippen molar-refractivity contribution >= 4 is 34.7 Å². The van der Waals surface area contributed by atoms with Crippen LogP contribution in [0.2, 0.25) is 4.34 Å². The highest BCUT2D eigenvalue weighted by Gasteiger charge is 2.25. The van der Waals surface area contributed by atoms with Crippen molar-refractivity contribution in [3.05, 3.63) is 115 Å². The highest BCUT2D eigenvalue weighted by molar-refractivity contribution is 7.16. The van der Waals surface area contributed by atoms with Gasteiger partial charge >= 0.3 is 0 Å². The Bertz CT molecular complexity index is 1790. The van der Waals surface area contributed by atoms with Gasteiger partial charge in [0.25, 0.3) is 11.5 Å². The summed E-state index contributed by atoms with van der Waals surface area (Å²) in [6.45, 7) is 0.0193. The molecule has 0 bridgehead atoms. The standard InChI is InChI=1S/C27H19ClFN7O3S/c28-22-6-5-21(40-22)12-31-25-23(29)24(34-36(25)27(39)18-3-1-16(15-37)2-4-18)20-9-19(10-30)26(38)35(14-20)13-17-7-8-32-33-11-17/h1-9,11,14,31,37H,12-13,15H2. The molecule has 0 radical (unpaired) electrons. The Morgan fingerprint density at radius 3 is 2.60 bits per heavy atom. The van der Waals surface area contributed by atoms with Crippen LogP contribution < -0.4 is 10.9 Å². The van der Waals surface area contributed by atoms with Crippen LogP contribution in [0.3, 0.4) is 0 Å². The third-order valence-corrected chi connectivity index (χ3v) is 7.17. The van der Waals surface area contributed by atoms with Crippen LogP contribution in [0.5, 0.6) is 0 Å². The molecule has 10 nitrogen and oxygen atoms in total. The maximum atomic E-state index is 16.0. The van der Waals surface area contributed by atoms with Crippen LogP contribution in [0.25, 0.3) is 11.3 Å². The molecular formula is C27H19ClFN7O3S. The average Bonchev–Trinajstić information content (AvgIpc) is 3.55. The third-order valence-electron chi connectivity index (χ3n) is 5.94. The molecule has 0 saturated heterocycles. The summed E-state index contributed by atoms with van der Waals surface area (Å²) in [5.74, 6) is -1.67. The number of nitrogens with zero attached hydrogens (tertiary/aromatic N) is 6. The van der Waals surface area contributed by atoms with Gasteiger partial charge in [-0.15, -0.1) is 11.3 Å². The van der Waals surface area contributed by atoms with Crippen molar-refractivity contribution in [1.82, 2.24) is 24.5 Å². The molecule has 0 fully saturated rings. The summed E-state index contributed by atoms with van der Waals surface area (Å²) in [5.41, 5.74) is 0.555. The molecule has 0 aliphatic heterocycles. The quantitative estimate of drug-likeness (QED) is 0.282. The Balaban J connectivity index is 1.60. The number of pyridine rings is 1. The number of nitrogens with one attached hydrogen (secondary N) is 1. The second-order valence-electron chi connectivity index (χ2n) is 8.58. The molecule has 5 aromatic rings. The maximum absolute atomic E-state index is 16.0. The zero-order valence-electron chi connectivity index (χ0n) is 20.6. The minimum atomic E-state index is -0.845. The molecule has 0 amide bonds. The number of hydrogen-bond acceptors (Lipinski definition) is 9. The first kappa shape index (κ1) is 26.9. The van der Waals surface area contributed by atoms with Crippen LogP contribution in [0.4, 0.5) is 10.2 Å². The molecular weight excluding hydrogens is 557 g/mol. The molecule has 0 unspecified atom stereocenters. The number of halogens is 2. The summed E-state index contributed by atoms with van der Waals surface area (Å²) in [6, 6.07) is 14.4. The summed E-state index contributed by atoms with van der Waals surface area (Å²) >= 11 is 7.32. The second-order valence-corrected chi connectivity index (χ2v) is 10.4. The number of anilines is 1. The summed E-state index contributed by atoms with van der Waals surface area (Å²) in [4.78, 5) is 27.1. The highest BCUT2D eigenvalue weighted by Crippen LogP contribution is 2.30. The average molecular weight is 576 g/mol. The fraction of sp³-hybridized carbons (Fsp3) is 0.111. The van der Waals surface area contributed by atoms with Gasteiger partial charge in [0.1, 0.15) is 17.3 Å². The first-order chi connectivity index (χ1) is 19.4. The van der Waals surface area contributed by atoms with E-state index in [4.69, 9.17) is 11.6 Å². The van der Waals surface area contributed by atoms with E-state index >= 15 is 4.39 Å². The summed E-state index contributed by atoms with van der Waals surface area (Å²) in [6.07, 6.45) is 4.32. The van der Waals surface area contributed by atoms with Crippen LogP contribution in [-0.2, 0) is 19.7 Å². The van der Waals surface area contributed by atoms with Gasteiger partial charge in [-0.3, -0.25) is 9.59 Å². The molecule has 4 aromatic heterocycles. The van der Waals surface area contributed by atoms with Crippen LogP contribution in [0, 0.1) is 17.1 Å². The lowest BCUT2D eigenvalue weighted by molar-refractivity contribution is 0.0947. The Morgan fingerprint density at radius 2 is 1.95 bits per heavy atom. The zero-order chi connectivity index (χ0) is 28.2. The molecule has 0 aliphatic carbocycles. The number of carbonyl (C=O) groups is 1. The molecule has 0 spiro atoms. The van der Waals surface area contributed by atoms with Crippen molar-refractivity contribution in [2.24, 2.45) is 0 Å². The van der Waals surface area contributed by atoms with E-state index in [0.717, 1.165) is 9.56 Å². The van der Waals surface area contributed by atoms with E-state index in [9.17, 15) is 20.0 Å². The van der Waals surface area contributed by atoms with Gasteiger partial charge in [-0.25, -0.2) is 4.39 Å². The van der Waals surface area contributed by atoms with Gasteiger partial charge in [0, 0.05) is 28.4 Å². The second kappa shape index (κ2) is 11.6. The van der Waals surface area contributed by atoms with E-state index < -0.39 is 17.3 Å². The van der Waals surface area contributed by atoms with E-state index in [1.165, 1.54) is 52.7 Å². The smallest absolute Gasteiger partial charge is 0.280 e. The molecule has 2 N–H and O–H groups in total. The number of aromatic nitrogens is 5. The van der Waals surface area contributed by atoms with E-state index in [1.54, 1.807) is 30.3 Å². The van der Waals surface area contributed by atoms with Crippen LogP contribution >= 0.6 is 22.9 Å². The Labute approximate surface area is 235 Å². The summed E-state index contributed by atoms with van der Waals surface area (Å²) < 4.78 is 18.7. The largest absolute Gasteiger partial charge is 0.392 e. The SMILES string of the molecule is N#Cc1cc(-c2nn(C(=O)c3ccc(CO)cc3)c(NCc3ccc(Cl)s3)c2F)cn(Cc2ccnnc2)c1=O. The number of nitriles is 1. The predicted molar refractivity (Wildman–Crippen MR) is 146 cm³/mol. The topological polar surface area (TPSA) is 139 Å². The van der Waals surface area contributed by atoms with Crippen LogP contribution in [-0.4, -0.2) is 35.6 Å². The fourth-order valence-corrected chi connectivity index (χ4v) is 4.97. The maximum Gasteiger partial charge on any atom is 0.280 e. The molecule has 0 atom stereocenters. The lowest BCUT2D eigenvalue weighted by atomic mass is 10.1. The number of carbonyl (C=O) groups excluding carboxylic acids is 1. The van der Waals surface area contributed by atoms with Crippen LogP contribution in [0.15, 0.2) is 71.9 Å². The van der Waals surface area contributed by atoms with Gasteiger partial charge in [-0.05, 0) is 47.5 Å².